The van der Waals surface area contributed by atoms with E-state index in [0.717, 1.165) is 35.9 Å². The van der Waals surface area contributed by atoms with Crippen molar-refractivity contribution in [2.45, 2.75) is 25.4 Å². The molecule has 1 unspecified atom stereocenters. The number of carbonyl (C=O) groups is 1. The Labute approximate surface area is 152 Å². The maximum Gasteiger partial charge on any atom is 0.233 e. The first-order chi connectivity index (χ1) is 12.7. The second-order valence-corrected chi connectivity index (χ2v) is 6.74. The zero-order chi connectivity index (χ0) is 17.9. The smallest absolute Gasteiger partial charge is 0.233 e. The molecule has 1 fully saturated rings. The molecule has 1 aliphatic heterocycles. The molecule has 26 heavy (non-hydrogen) atoms. The maximum atomic E-state index is 12.9. The first-order valence-electron chi connectivity index (χ1n) is 8.96. The lowest BCUT2D eigenvalue weighted by Crippen LogP contribution is -2.45. The van der Waals surface area contributed by atoms with E-state index in [9.17, 15) is 4.79 Å². The monoisotopic (exact) mass is 350 g/mol. The quantitative estimate of drug-likeness (QED) is 0.726. The van der Waals surface area contributed by atoms with E-state index in [1.807, 2.05) is 24.1 Å². The minimum Gasteiger partial charge on any atom is -0.471 e. The largest absolute Gasteiger partial charge is 0.471 e. The molecule has 0 aliphatic carbocycles. The van der Waals surface area contributed by atoms with Gasteiger partial charge in [-0.2, -0.15) is 5.10 Å². The third kappa shape index (κ3) is 3.40. The molecule has 1 amide bonds. The molecule has 6 heteroatoms. The zero-order valence-electron chi connectivity index (χ0n) is 14.8. The molecule has 4 rings (SSSR count). The third-order valence-corrected chi connectivity index (χ3v) is 4.89. The van der Waals surface area contributed by atoms with E-state index in [1.54, 1.807) is 18.3 Å². The fourth-order valence-electron chi connectivity index (χ4n) is 3.62. The summed E-state index contributed by atoms with van der Waals surface area (Å²) < 4.78 is 7.97. The van der Waals surface area contributed by atoms with E-state index >= 15 is 0 Å². The number of benzene rings is 1. The van der Waals surface area contributed by atoms with Crippen molar-refractivity contribution in [3.8, 4) is 5.88 Å². The Balaban J connectivity index is 1.44. The summed E-state index contributed by atoms with van der Waals surface area (Å²) >= 11 is 0. The van der Waals surface area contributed by atoms with Gasteiger partial charge in [-0.15, -0.1) is 5.10 Å². The van der Waals surface area contributed by atoms with Crippen molar-refractivity contribution in [2.75, 3.05) is 13.1 Å². The second-order valence-electron chi connectivity index (χ2n) is 6.74. The molecule has 0 spiro atoms. The second kappa shape index (κ2) is 7.15. The number of rotatable bonds is 4. The lowest BCUT2D eigenvalue weighted by Gasteiger charge is -2.32. The van der Waals surface area contributed by atoms with Crippen LogP contribution in [0.3, 0.4) is 0 Å². The number of para-hydroxylation sites is 1. The van der Waals surface area contributed by atoms with E-state index in [-0.39, 0.29) is 12.0 Å². The first kappa shape index (κ1) is 16.6. The van der Waals surface area contributed by atoms with Crippen LogP contribution in [0.5, 0.6) is 5.88 Å². The van der Waals surface area contributed by atoms with Gasteiger partial charge in [-0.05, 0) is 30.5 Å². The fourth-order valence-corrected chi connectivity index (χ4v) is 3.62. The molecule has 3 aromatic rings. The number of fused-ring (bicyclic) bond motifs is 1. The van der Waals surface area contributed by atoms with Crippen molar-refractivity contribution < 1.29 is 9.53 Å². The zero-order valence-corrected chi connectivity index (χ0v) is 14.8. The standard InChI is InChI=1S/C20H22N4O2/c1-23-13-15(17-7-2-3-8-18(17)23)12-20(25)24-11-5-6-16(14-24)26-19-9-4-10-21-22-19/h2-4,7-10,13,16H,5-6,11-12,14H2,1H3. The molecule has 0 radical (unpaired) electrons. The van der Waals surface area contributed by atoms with Crippen LogP contribution in [0.2, 0.25) is 0 Å². The SMILES string of the molecule is Cn1cc(CC(=O)N2CCCC(Oc3cccnn3)C2)c2ccccc21. The van der Waals surface area contributed by atoms with Gasteiger partial charge in [0, 0.05) is 43.0 Å². The average Bonchev–Trinajstić information content (AvgIpc) is 2.99. The van der Waals surface area contributed by atoms with Gasteiger partial charge in [0.2, 0.25) is 11.8 Å². The van der Waals surface area contributed by atoms with Crippen LogP contribution in [-0.2, 0) is 18.3 Å². The van der Waals surface area contributed by atoms with Crippen LogP contribution in [0.25, 0.3) is 10.9 Å². The van der Waals surface area contributed by atoms with Crippen LogP contribution in [0, 0.1) is 0 Å². The summed E-state index contributed by atoms with van der Waals surface area (Å²) in [6.07, 6.45) is 5.92. The highest BCUT2D eigenvalue weighted by molar-refractivity contribution is 5.89. The summed E-state index contributed by atoms with van der Waals surface area (Å²) in [7, 11) is 2.02. The molecular formula is C20H22N4O2. The van der Waals surface area contributed by atoms with Crippen molar-refractivity contribution >= 4 is 16.8 Å². The van der Waals surface area contributed by atoms with E-state index in [4.69, 9.17) is 4.74 Å². The van der Waals surface area contributed by atoms with E-state index in [2.05, 4.69) is 33.1 Å². The number of amides is 1. The van der Waals surface area contributed by atoms with Gasteiger partial charge in [0.1, 0.15) is 6.10 Å². The summed E-state index contributed by atoms with van der Waals surface area (Å²) in [5.41, 5.74) is 2.22. The van der Waals surface area contributed by atoms with Crippen LogP contribution >= 0.6 is 0 Å². The number of ether oxygens (including phenoxy) is 1. The van der Waals surface area contributed by atoms with Crippen LogP contribution in [0.4, 0.5) is 0 Å². The van der Waals surface area contributed by atoms with Crippen molar-refractivity contribution in [2.24, 2.45) is 7.05 Å². The molecule has 134 valence electrons. The molecule has 0 bridgehead atoms. The molecular weight excluding hydrogens is 328 g/mol. The molecule has 1 atom stereocenters. The number of nitrogens with zero attached hydrogens (tertiary/aromatic N) is 4. The van der Waals surface area contributed by atoms with Gasteiger partial charge in [-0.3, -0.25) is 4.79 Å². The van der Waals surface area contributed by atoms with Gasteiger partial charge in [-0.25, -0.2) is 0 Å². The Morgan fingerprint density at radius 3 is 3.00 bits per heavy atom. The molecule has 6 nitrogen and oxygen atoms in total. The highest BCUT2D eigenvalue weighted by atomic mass is 16.5. The Kier molecular flexibility index (Phi) is 4.56. The van der Waals surface area contributed by atoms with Crippen LogP contribution in [0.1, 0.15) is 18.4 Å². The number of hydrogen-bond donors (Lipinski definition) is 0. The maximum absolute atomic E-state index is 12.9. The number of aromatic nitrogens is 3. The number of likely N-dealkylation sites (tertiary alicyclic amines) is 1. The number of aryl methyl sites for hydroxylation is 1. The summed E-state index contributed by atoms with van der Waals surface area (Å²) in [4.78, 5) is 14.8. The Morgan fingerprint density at radius 1 is 1.27 bits per heavy atom. The summed E-state index contributed by atoms with van der Waals surface area (Å²) in [5.74, 6) is 0.662. The van der Waals surface area contributed by atoms with E-state index in [1.165, 1.54) is 0 Å². The van der Waals surface area contributed by atoms with Crippen molar-refractivity contribution in [1.82, 2.24) is 19.7 Å². The van der Waals surface area contributed by atoms with Crippen LogP contribution in [0.15, 0.2) is 48.8 Å². The highest BCUT2D eigenvalue weighted by Gasteiger charge is 2.26. The van der Waals surface area contributed by atoms with E-state index < -0.39 is 0 Å². The lowest BCUT2D eigenvalue weighted by molar-refractivity contribution is -0.133. The molecule has 0 saturated carbocycles. The molecule has 1 aliphatic rings. The van der Waals surface area contributed by atoms with Gasteiger partial charge in [0.15, 0.2) is 0 Å². The molecule has 0 N–H and O–H groups in total. The summed E-state index contributed by atoms with van der Waals surface area (Å²) in [5, 5.41) is 8.95. The summed E-state index contributed by atoms with van der Waals surface area (Å²) in [6.45, 7) is 1.38. The van der Waals surface area contributed by atoms with E-state index in [0.29, 0.717) is 18.8 Å². The van der Waals surface area contributed by atoms with Gasteiger partial charge < -0.3 is 14.2 Å². The van der Waals surface area contributed by atoms with Gasteiger partial charge >= 0.3 is 0 Å². The number of hydrogen-bond acceptors (Lipinski definition) is 4. The molecule has 3 heterocycles. The predicted octanol–water partition coefficient (Wildman–Crippen LogP) is 2.58. The normalized spacial score (nSPS) is 17.4. The van der Waals surface area contributed by atoms with Gasteiger partial charge in [0.25, 0.3) is 0 Å². The fraction of sp³-hybridized carbons (Fsp3) is 0.350. The van der Waals surface area contributed by atoms with Crippen LogP contribution < -0.4 is 4.74 Å². The highest BCUT2D eigenvalue weighted by Crippen LogP contribution is 2.22. The minimum atomic E-state index is -0.0306. The van der Waals surface area contributed by atoms with Crippen molar-refractivity contribution in [3.63, 3.8) is 0 Å². The van der Waals surface area contributed by atoms with Crippen molar-refractivity contribution in [3.05, 3.63) is 54.4 Å². The Morgan fingerprint density at radius 2 is 2.15 bits per heavy atom. The third-order valence-electron chi connectivity index (χ3n) is 4.89. The molecule has 1 aromatic carbocycles. The number of carbonyl (C=O) groups excluding carboxylic acids is 1. The molecule has 2 aromatic heterocycles. The predicted molar refractivity (Wildman–Crippen MR) is 98.9 cm³/mol. The lowest BCUT2D eigenvalue weighted by atomic mass is 10.1. The van der Waals surface area contributed by atoms with Gasteiger partial charge in [-0.1, -0.05) is 18.2 Å². The van der Waals surface area contributed by atoms with Crippen molar-refractivity contribution in [1.29, 1.82) is 0 Å². The summed E-state index contributed by atoms with van der Waals surface area (Å²) in [6, 6.07) is 11.8. The van der Waals surface area contributed by atoms with Crippen LogP contribution in [-0.4, -0.2) is 44.8 Å². The average molecular weight is 350 g/mol. The van der Waals surface area contributed by atoms with Gasteiger partial charge in [0.05, 0.1) is 13.0 Å². The topological polar surface area (TPSA) is 60.2 Å². The number of piperidine rings is 1. The Hall–Kier alpha value is -2.89. The first-order valence-corrected chi connectivity index (χ1v) is 8.96. The molecule has 1 saturated heterocycles. The minimum absolute atomic E-state index is 0.0306. The Bertz CT molecular complexity index is 907.